The predicted octanol–water partition coefficient (Wildman–Crippen LogP) is 3.75. The van der Waals surface area contributed by atoms with Crippen LogP contribution in [0.5, 0.6) is 0 Å². The number of rotatable bonds is 11. The van der Waals surface area contributed by atoms with Gasteiger partial charge < -0.3 is 18.3 Å². The van der Waals surface area contributed by atoms with Gasteiger partial charge in [0.15, 0.2) is 0 Å². The molecule has 0 bridgehead atoms. The summed E-state index contributed by atoms with van der Waals surface area (Å²) < 4.78 is 14.7. The van der Waals surface area contributed by atoms with Crippen LogP contribution in [0, 0.1) is 0 Å². The van der Waals surface area contributed by atoms with Gasteiger partial charge in [0.25, 0.3) is 0 Å². The second kappa shape index (κ2) is 9.68. The minimum Gasteiger partial charge on any atom is -0.395 e. The molecule has 4 nitrogen and oxygen atoms in total. The first kappa shape index (κ1) is 21.3. The molecule has 138 valence electrons. The van der Waals surface area contributed by atoms with E-state index in [4.69, 9.17) is 8.85 Å². The van der Waals surface area contributed by atoms with Gasteiger partial charge in [0.05, 0.1) is 0 Å². The van der Waals surface area contributed by atoms with Crippen molar-refractivity contribution in [1.82, 2.24) is 9.47 Å². The third-order valence-electron chi connectivity index (χ3n) is 4.90. The first-order valence-corrected chi connectivity index (χ1v) is 15.5. The van der Waals surface area contributed by atoms with Crippen LogP contribution in [0.1, 0.15) is 33.6 Å². The van der Waals surface area contributed by atoms with E-state index in [-0.39, 0.29) is 0 Å². The van der Waals surface area contributed by atoms with Gasteiger partial charge in [-0.2, -0.15) is 0 Å². The predicted molar refractivity (Wildman–Crippen MR) is 105 cm³/mol. The molecule has 0 spiro atoms. The molecule has 1 unspecified atom stereocenters. The van der Waals surface area contributed by atoms with E-state index in [1.165, 1.54) is 39.0 Å². The Labute approximate surface area is 146 Å². The monoisotopic (exact) mass is 360 g/mol. The molecule has 1 aliphatic heterocycles. The Morgan fingerprint density at radius 1 is 1.04 bits per heavy atom. The molecule has 1 saturated heterocycles. The molecule has 0 aromatic heterocycles. The Morgan fingerprint density at radius 2 is 1.65 bits per heavy atom. The summed E-state index contributed by atoms with van der Waals surface area (Å²) in [4.78, 5) is 2.65. The van der Waals surface area contributed by atoms with Crippen molar-refractivity contribution in [3.05, 3.63) is 0 Å². The summed E-state index contributed by atoms with van der Waals surface area (Å²) in [5, 5.41) is 0. The third kappa shape index (κ3) is 6.96. The lowest BCUT2D eigenvalue weighted by Gasteiger charge is -2.38. The van der Waals surface area contributed by atoms with E-state index in [1.54, 1.807) is 0 Å². The molecule has 6 heteroatoms. The van der Waals surface area contributed by atoms with Gasteiger partial charge in [0.2, 0.25) is 0 Å². The Hall–Kier alpha value is 0.274. The molecular formula is C17H40N2O2Si2. The lowest BCUT2D eigenvalue weighted by molar-refractivity contribution is 0.186. The van der Waals surface area contributed by atoms with Crippen molar-refractivity contribution < 1.29 is 8.85 Å². The van der Waals surface area contributed by atoms with Gasteiger partial charge in [-0.05, 0) is 58.9 Å². The number of likely N-dealkylation sites (tertiary alicyclic amines) is 1. The molecule has 1 heterocycles. The van der Waals surface area contributed by atoms with Crippen molar-refractivity contribution in [2.75, 3.05) is 39.4 Å². The zero-order chi connectivity index (χ0) is 17.5. The standard InChI is InChI=1S/C17H40N2O2Si2/c1-8-19(22(4,5)6)17-12-14-18(16-17)13-11-15-23(7,20-9-2)21-10-3/h17H,8-16H2,1-7H3. The molecule has 0 radical (unpaired) electrons. The van der Waals surface area contributed by atoms with Crippen LogP contribution in [0.2, 0.25) is 32.2 Å². The molecule has 0 aromatic rings. The van der Waals surface area contributed by atoms with Crippen LogP contribution in [0.25, 0.3) is 0 Å². The van der Waals surface area contributed by atoms with Gasteiger partial charge >= 0.3 is 8.56 Å². The number of likely N-dealkylation sites (N-methyl/N-ethyl adjacent to an activating group) is 1. The Kier molecular flexibility index (Phi) is 8.97. The first-order valence-electron chi connectivity index (χ1n) is 9.52. The molecule has 0 saturated carbocycles. The summed E-state index contributed by atoms with van der Waals surface area (Å²) in [6.07, 6.45) is 2.54. The van der Waals surface area contributed by atoms with E-state index in [2.05, 4.69) is 56.4 Å². The SMILES string of the molecule is CCO[Si](C)(CCCN1CCC(N(CC)[Si](C)(C)C)C1)OCC. The van der Waals surface area contributed by atoms with Crippen LogP contribution in [0.15, 0.2) is 0 Å². The topological polar surface area (TPSA) is 24.9 Å². The number of hydrogen-bond donors (Lipinski definition) is 0. The van der Waals surface area contributed by atoms with Crippen LogP contribution in [-0.4, -0.2) is 71.7 Å². The second-order valence-electron chi connectivity index (χ2n) is 7.80. The zero-order valence-electron chi connectivity index (χ0n) is 16.7. The average Bonchev–Trinajstić information content (AvgIpc) is 2.86. The van der Waals surface area contributed by atoms with E-state index in [0.717, 1.165) is 25.3 Å². The van der Waals surface area contributed by atoms with Crippen molar-refractivity contribution >= 4 is 16.8 Å². The molecule has 0 N–H and O–H groups in total. The minimum absolute atomic E-state index is 0.772. The Balaban J connectivity index is 2.40. The molecule has 0 aliphatic carbocycles. The smallest absolute Gasteiger partial charge is 0.334 e. The second-order valence-corrected chi connectivity index (χ2v) is 16.1. The molecule has 1 rings (SSSR count). The van der Waals surface area contributed by atoms with Gasteiger partial charge in [0, 0.05) is 25.8 Å². The van der Waals surface area contributed by atoms with Crippen LogP contribution in [0.4, 0.5) is 0 Å². The van der Waals surface area contributed by atoms with Gasteiger partial charge in [0.1, 0.15) is 8.24 Å². The maximum Gasteiger partial charge on any atom is 0.334 e. The van der Waals surface area contributed by atoms with E-state index in [9.17, 15) is 0 Å². The highest BCUT2D eigenvalue weighted by atomic mass is 28.4. The molecule has 1 aliphatic rings. The summed E-state index contributed by atoms with van der Waals surface area (Å²) >= 11 is 0. The number of nitrogens with zero attached hydrogens (tertiary/aromatic N) is 2. The summed E-state index contributed by atoms with van der Waals surface area (Å²) in [6, 6.07) is 1.88. The number of hydrogen-bond acceptors (Lipinski definition) is 4. The fourth-order valence-corrected chi connectivity index (χ4v) is 8.62. The lowest BCUT2D eigenvalue weighted by atomic mass is 10.3. The summed E-state index contributed by atoms with van der Waals surface area (Å²) in [7, 11) is -3.12. The first-order chi connectivity index (χ1) is 10.8. The van der Waals surface area contributed by atoms with Crippen LogP contribution < -0.4 is 0 Å². The summed E-state index contributed by atoms with van der Waals surface area (Å²) in [6.45, 7) is 22.6. The van der Waals surface area contributed by atoms with Crippen molar-refractivity contribution in [3.8, 4) is 0 Å². The largest absolute Gasteiger partial charge is 0.395 e. The Morgan fingerprint density at radius 3 is 2.13 bits per heavy atom. The lowest BCUT2D eigenvalue weighted by Crippen LogP contribution is -2.52. The third-order valence-corrected chi connectivity index (χ3v) is 10.4. The molecule has 1 atom stereocenters. The van der Waals surface area contributed by atoms with Crippen molar-refractivity contribution in [2.24, 2.45) is 0 Å². The average molecular weight is 361 g/mol. The van der Waals surface area contributed by atoms with Crippen LogP contribution >= 0.6 is 0 Å². The molecule has 0 amide bonds. The van der Waals surface area contributed by atoms with Crippen LogP contribution in [0.3, 0.4) is 0 Å². The zero-order valence-corrected chi connectivity index (χ0v) is 18.7. The van der Waals surface area contributed by atoms with Gasteiger partial charge in [-0.15, -0.1) is 0 Å². The molecule has 0 aromatic carbocycles. The normalized spacial score (nSPS) is 20.6. The fraction of sp³-hybridized carbons (Fsp3) is 1.00. The quantitative estimate of drug-likeness (QED) is 0.524. The van der Waals surface area contributed by atoms with Gasteiger partial charge in [-0.1, -0.05) is 26.6 Å². The highest BCUT2D eigenvalue weighted by Crippen LogP contribution is 2.23. The molecule has 1 fully saturated rings. The van der Waals surface area contributed by atoms with Crippen molar-refractivity contribution in [1.29, 1.82) is 0 Å². The van der Waals surface area contributed by atoms with Gasteiger partial charge in [-0.25, -0.2) is 0 Å². The van der Waals surface area contributed by atoms with E-state index >= 15 is 0 Å². The Bertz CT molecular complexity index is 331. The van der Waals surface area contributed by atoms with Crippen molar-refractivity contribution in [3.63, 3.8) is 0 Å². The van der Waals surface area contributed by atoms with E-state index < -0.39 is 16.8 Å². The highest BCUT2D eigenvalue weighted by Gasteiger charge is 2.34. The van der Waals surface area contributed by atoms with E-state index in [0.29, 0.717) is 0 Å². The summed E-state index contributed by atoms with van der Waals surface area (Å²) in [5.74, 6) is 0. The maximum atomic E-state index is 5.95. The fourth-order valence-electron chi connectivity index (χ4n) is 3.97. The highest BCUT2D eigenvalue weighted by molar-refractivity contribution is 6.73. The van der Waals surface area contributed by atoms with Crippen LogP contribution in [-0.2, 0) is 8.85 Å². The maximum absolute atomic E-state index is 5.95. The summed E-state index contributed by atoms with van der Waals surface area (Å²) in [5.41, 5.74) is 0. The van der Waals surface area contributed by atoms with E-state index in [1.807, 2.05) is 0 Å². The molecular weight excluding hydrogens is 320 g/mol. The van der Waals surface area contributed by atoms with Crippen molar-refractivity contribution in [2.45, 2.75) is 71.9 Å². The molecule has 23 heavy (non-hydrogen) atoms. The van der Waals surface area contributed by atoms with Gasteiger partial charge in [-0.3, -0.25) is 0 Å². The minimum atomic E-state index is -1.93.